The molecule has 4 heteroatoms. The van der Waals surface area contributed by atoms with Crippen LogP contribution in [-0.4, -0.2) is 17.7 Å². The van der Waals surface area contributed by atoms with Gasteiger partial charge >= 0.3 is 0 Å². The molecule has 0 aromatic heterocycles. The van der Waals surface area contributed by atoms with Gasteiger partial charge in [-0.2, -0.15) is 6.61 Å². The molecule has 0 unspecified atom stereocenters. The summed E-state index contributed by atoms with van der Waals surface area (Å²) in [6.07, 6.45) is 0. The fraction of sp³-hybridized carbons (Fsp3) is 0.500. The molecule has 0 saturated carbocycles. The van der Waals surface area contributed by atoms with E-state index in [2.05, 4.69) is 4.74 Å². The molecular weight excluding hydrogens is 185 g/mol. The molecule has 0 fully saturated rings. The maximum absolute atomic E-state index is 9.88. The van der Waals surface area contributed by atoms with E-state index >= 15 is 0 Å². The quantitative estimate of drug-likeness (QED) is 0.497. The Balaban J connectivity index is 0. The van der Waals surface area contributed by atoms with Crippen LogP contribution in [0.3, 0.4) is 0 Å². The molecule has 0 bridgehead atoms. The molecule has 0 heterocycles. The van der Waals surface area contributed by atoms with E-state index in [1.165, 1.54) is 0 Å². The summed E-state index contributed by atoms with van der Waals surface area (Å²) in [5.41, 5.74) is 0. The number of ether oxygens (including phenoxy) is 1. The van der Waals surface area contributed by atoms with Crippen LogP contribution < -0.4 is 0 Å². The first-order valence-electron chi connectivity index (χ1n) is 1.95. The van der Waals surface area contributed by atoms with Gasteiger partial charge in [-0.05, 0) is 6.92 Å². The summed E-state index contributed by atoms with van der Waals surface area (Å²) in [5, 5.41) is 7.87. The monoisotopic (exact) mass is 192 g/mol. The van der Waals surface area contributed by atoms with Gasteiger partial charge in [0.2, 0.25) is 0 Å². The van der Waals surface area contributed by atoms with Gasteiger partial charge in [-0.1, -0.05) is 0 Å². The van der Waals surface area contributed by atoms with Gasteiger partial charge in [0.15, 0.2) is 5.97 Å². The number of hydrogen-bond donors (Lipinski definition) is 1. The van der Waals surface area contributed by atoms with Crippen LogP contribution in [-0.2, 0) is 42.2 Å². The maximum atomic E-state index is 9.88. The van der Waals surface area contributed by atoms with Crippen molar-refractivity contribution in [3.8, 4) is 0 Å². The predicted molar refractivity (Wildman–Crippen MR) is 22.9 cm³/mol. The van der Waals surface area contributed by atoms with Crippen molar-refractivity contribution in [3.63, 3.8) is 0 Å². The van der Waals surface area contributed by atoms with Crippen LogP contribution in [0.4, 0.5) is 0 Å². The molecule has 8 heavy (non-hydrogen) atoms. The van der Waals surface area contributed by atoms with Crippen molar-refractivity contribution in [2.45, 2.75) is 6.92 Å². The molecule has 0 atom stereocenters. The normalized spacial score (nSPS) is 6.75. The van der Waals surface area contributed by atoms with Crippen LogP contribution in [0.5, 0.6) is 0 Å². The molecule has 0 amide bonds. The Morgan fingerprint density at radius 1 is 1.88 bits per heavy atom. The molecule has 0 aliphatic rings. The second-order valence-electron chi connectivity index (χ2n) is 0.881. The summed E-state index contributed by atoms with van der Waals surface area (Å²) in [7, 11) is 0. The predicted octanol–water partition coefficient (Wildman–Crippen LogP) is 0.0813. The van der Waals surface area contributed by atoms with E-state index in [1.54, 1.807) is 6.92 Å². The Labute approximate surface area is 73.3 Å². The summed E-state index contributed by atoms with van der Waals surface area (Å²) < 4.78 is 4.25. The van der Waals surface area contributed by atoms with E-state index in [1.807, 2.05) is 0 Å². The molecule has 0 spiro atoms. The van der Waals surface area contributed by atoms with Crippen molar-refractivity contribution >= 4 is 5.97 Å². The summed E-state index contributed by atoms with van der Waals surface area (Å²) in [6, 6.07) is 0. The Bertz CT molecular complexity index is 64.3. The Morgan fingerprint density at radius 2 is 2.38 bits per heavy atom. The van der Waals surface area contributed by atoms with Gasteiger partial charge in [-0.25, -0.2) is 0 Å². The van der Waals surface area contributed by atoms with Crippen LogP contribution in [0.15, 0.2) is 0 Å². The number of rotatable bonds is 2. The molecule has 3 nitrogen and oxygen atoms in total. The van der Waals surface area contributed by atoms with Crippen molar-refractivity contribution < 1.29 is 47.3 Å². The standard InChI is InChI=1S/C4H7O3.Y/c1-2-7-4(6)3-5;/h3,5H,2H2,1H3;/q-1;. The SMILES string of the molecule is CCOC(=O)[CH-]O.[Y]. The minimum atomic E-state index is -0.692. The molecule has 0 rings (SSSR count). The second-order valence-corrected chi connectivity index (χ2v) is 0.881. The molecular formula is C4H7O3Y-. The van der Waals surface area contributed by atoms with Gasteiger partial charge in [0.25, 0.3) is 0 Å². The summed E-state index contributed by atoms with van der Waals surface area (Å²) in [5.74, 6) is -0.692. The third-order valence-electron chi connectivity index (χ3n) is 0.392. The largest absolute Gasteiger partial charge is 0.537 e. The smallest absolute Gasteiger partial charge is 0.190 e. The number of carbonyl (C=O) groups is 1. The topological polar surface area (TPSA) is 46.5 Å². The third-order valence-corrected chi connectivity index (χ3v) is 0.392. The average molecular weight is 192 g/mol. The Morgan fingerprint density at radius 3 is 2.50 bits per heavy atom. The average Bonchev–Trinajstić information content (AvgIpc) is 1.68. The number of esters is 1. The van der Waals surface area contributed by atoms with E-state index in [-0.39, 0.29) is 32.7 Å². The van der Waals surface area contributed by atoms with Crippen molar-refractivity contribution in [1.82, 2.24) is 0 Å². The molecule has 0 aromatic rings. The van der Waals surface area contributed by atoms with Crippen molar-refractivity contribution in [2.24, 2.45) is 0 Å². The number of carbonyl (C=O) groups excluding carboxylic acids is 1. The molecule has 1 radical (unpaired) electrons. The first kappa shape index (κ1) is 11.2. The van der Waals surface area contributed by atoms with Crippen LogP contribution >= 0.6 is 0 Å². The number of aliphatic hydroxyl groups is 1. The Kier molecular flexibility index (Phi) is 10.4. The maximum Gasteiger partial charge on any atom is 0.190 e. The van der Waals surface area contributed by atoms with Gasteiger partial charge in [0, 0.05) is 32.7 Å². The van der Waals surface area contributed by atoms with Gasteiger partial charge in [0.05, 0.1) is 6.61 Å². The molecule has 1 N–H and O–H groups in total. The van der Waals surface area contributed by atoms with Crippen molar-refractivity contribution in [2.75, 3.05) is 6.61 Å². The van der Waals surface area contributed by atoms with E-state index < -0.39 is 5.97 Å². The fourth-order valence-electron chi connectivity index (χ4n) is 0.180. The number of aliphatic hydroxyl groups excluding tert-OH is 1. The summed E-state index contributed by atoms with van der Waals surface area (Å²) in [6.45, 7) is 2.36. The van der Waals surface area contributed by atoms with Crippen LogP contribution in [0, 0.1) is 6.61 Å². The number of hydrogen-bond acceptors (Lipinski definition) is 3. The van der Waals surface area contributed by atoms with E-state index in [0.717, 1.165) is 0 Å². The zero-order chi connectivity index (χ0) is 5.70. The summed E-state index contributed by atoms with van der Waals surface area (Å²) >= 11 is 0. The van der Waals surface area contributed by atoms with Crippen LogP contribution in [0.25, 0.3) is 0 Å². The first-order chi connectivity index (χ1) is 3.31. The molecule has 0 aliphatic heterocycles. The van der Waals surface area contributed by atoms with Crippen molar-refractivity contribution in [1.29, 1.82) is 0 Å². The van der Waals surface area contributed by atoms with E-state index in [9.17, 15) is 4.79 Å². The molecule has 0 saturated heterocycles. The first-order valence-corrected chi connectivity index (χ1v) is 1.95. The second kappa shape index (κ2) is 7.40. The molecule has 0 aliphatic carbocycles. The fourth-order valence-corrected chi connectivity index (χ4v) is 0.180. The molecule has 0 aromatic carbocycles. The zero-order valence-corrected chi connectivity index (χ0v) is 7.46. The minimum Gasteiger partial charge on any atom is -0.537 e. The van der Waals surface area contributed by atoms with Crippen LogP contribution in [0.2, 0.25) is 0 Å². The molecule has 45 valence electrons. The van der Waals surface area contributed by atoms with Gasteiger partial charge in [-0.15, -0.1) is 0 Å². The van der Waals surface area contributed by atoms with Gasteiger partial charge in [0.1, 0.15) is 0 Å². The van der Waals surface area contributed by atoms with Gasteiger partial charge < -0.3 is 9.84 Å². The van der Waals surface area contributed by atoms with Crippen LogP contribution in [0.1, 0.15) is 6.92 Å². The van der Waals surface area contributed by atoms with Crippen molar-refractivity contribution in [3.05, 3.63) is 6.61 Å². The minimum absolute atomic E-state index is 0. The Hall–Kier alpha value is 0.404. The summed E-state index contributed by atoms with van der Waals surface area (Å²) in [4.78, 5) is 9.88. The third kappa shape index (κ3) is 6.40. The van der Waals surface area contributed by atoms with E-state index in [4.69, 9.17) is 5.11 Å². The van der Waals surface area contributed by atoms with E-state index in [0.29, 0.717) is 13.2 Å². The zero-order valence-electron chi connectivity index (χ0n) is 4.63. The van der Waals surface area contributed by atoms with Gasteiger partial charge in [-0.3, -0.25) is 4.79 Å².